The van der Waals surface area contributed by atoms with Gasteiger partial charge in [0.1, 0.15) is 11.4 Å². The van der Waals surface area contributed by atoms with Gasteiger partial charge in [-0.3, -0.25) is 0 Å². The second kappa shape index (κ2) is 9.60. The SMILES string of the molecule is COc1ccc2ccc(S(=O)(=O)C(F)(F)F)c(-c3nnc(N[C@H](C)c4ccccc4)c4ccccc34)c2c1. The molecule has 0 aliphatic heterocycles. The molecule has 0 radical (unpaired) electrons. The van der Waals surface area contributed by atoms with E-state index in [1.807, 2.05) is 37.3 Å². The Labute approximate surface area is 217 Å². The van der Waals surface area contributed by atoms with Gasteiger partial charge in [-0.25, -0.2) is 8.42 Å². The summed E-state index contributed by atoms with van der Waals surface area (Å²) in [7, 11) is -4.31. The molecule has 0 saturated heterocycles. The van der Waals surface area contributed by atoms with Crippen molar-refractivity contribution in [2.45, 2.75) is 23.4 Å². The number of halogens is 3. The van der Waals surface area contributed by atoms with Crippen LogP contribution < -0.4 is 10.1 Å². The van der Waals surface area contributed by atoms with Crippen LogP contribution in [0.25, 0.3) is 32.8 Å². The van der Waals surface area contributed by atoms with Crippen LogP contribution in [0.2, 0.25) is 0 Å². The summed E-state index contributed by atoms with van der Waals surface area (Å²) in [5.41, 5.74) is -4.68. The number of ether oxygens (including phenoxy) is 1. The number of benzene rings is 4. The number of fused-ring (bicyclic) bond motifs is 2. The van der Waals surface area contributed by atoms with E-state index in [1.54, 1.807) is 36.4 Å². The first-order valence-electron chi connectivity index (χ1n) is 11.6. The van der Waals surface area contributed by atoms with Gasteiger partial charge in [0.2, 0.25) is 0 Å². The van der Waals surface area contributed by atoms with Gasteiger partial charge in [-0.1, -0.05) is 66.7 Å². The van der Waals surface area contributed by atoms with E-state index in [9.17, 15) is 21.6 Å². The fraction of sp³-hybridized carbons (Fsp3) is 0.143. The van der Waals surface area contributed by atoms with E-state index in [-0.39, 0.29) is 22.7 Å². The number of anilines is 1. The number of alkyl halides is 3. The lowest BCUT2D eigenvalue weighted by atomic mass is 9.98. The molecule has 10 heteroatoms. The third-order valence-corrected chi connectivity index (χ3v) is 7.89. The lowest BCUT2D eigenvalue weighted by Crippen LogP contribution is -2.24. The van der Waals surface area contributed by atoms with E-state index in [4.69, 9.17) is 4.74 Å². The minimum absolute atomic E-state index is 0.0141. The Kier molecular flexibility index (Phi) is 6.44. The van der Waals surface area contributed by atoms with Crippen LogP contribution in [0.5, 0.6) is 5.75 Å². The summed E-state index contributed by atoms with van der Waals surface area (Å²) in [6.07, 6.45) is 0. The minimum Gasteiger partial charge on any atom is -0.497 e. The van der Waals surface area contributed by atoms with Gasteiger partial charge >= 0.3 is 5.51 Å². The summed E-state index contributed by atoms with van der Waals surface area (Å²) in [6, 6.07) is 23.5. The lowest BCUT2D eigenvalue weighted by Gasteiger charge is -2.19. The Morgan fingerprint density at radius 1 is 0.842 bits per heavy atom. The topological polar surface area (TPSA) is 81.2 Å². The predicted octanol–water partition coefficient (Wildman–Crippen LogP) is 6.93. The quantitative estimate of drug-likeness (QED) is 0.253. The van der Waals surface area contributed by atoms with Gasteiger partial charge in [-0.05, 0) is 41.5 Å². The van der Waals surface area contributed by atoms with Crippen molar-refractivity contribution >= 4 is 37.2 Å². The van der Waals surface area contributed by atoms with Gasteiger partial charge in [0.25, 0.3) is 9.84 Å². The molecule has 1 N–H and O–H groups in total. The largest absolute Gasteiger partial charge is 0.501 e. The normalized spacial score (nSPS) is 13.0. The smallest absolute Gasteiger partial charge is 0.497 e. The molecule has 0 aliphatic carbocycles. The van der Waals surface area contributed by atoms with E-state index in [1.165, 1.54) is 19.2 Å². The van der Waals surface area contributed by atoms with E-state index < -0.39 is 20.2 Å². The van der Waals surface area contributed by atoms with Crippen molar-refractivity contribution in [1.82, 2.24) is 10.2 Å². The highest BCUT2D eigenvalue weighted by Crippen LogP contribution is 2.43. The second-order valence-electron chi connectivity index (χ2n) is 8.69. The van der Waals surface area contributed by atoms with E-state index in [0.29, 0.717) is 27.7 Å². The van der Waals surface area contributed by atoms with Crippen LogP contribution in [0.1, 0.15) is 18.5 Å². The molecule has 4 aromatic carbocycles. The number of rotatable bonds is 6. The van der Waals surface area contributed by atoms with Crippen molar-refractivity contribution in [3.8, 4) is 17.0 Å². The molecule has 38 heavy (non-hydrogen) atoms. The zero-order valence-electron chi connectivity index (χ0n) is 20.3. The first-order chi connectivity index (χ1) is 18.1. The molecule has 6 nitrogen and oxygen atoms in total. The van der Waals surface area contributed by atoms with Crippen molar-refractivity contribution < 1.29 is 26.3 Å². The molecule has 0 saturated carbocycles. The number of sulfone groups is 1. The van der Waals surface area contributed by atoms with Gasteiger partial charge in [0.15, 0.2) is 5.82 Å². The maximum Gasteiger partial charge on any atom is 0.501 e. The molecule has 194 valence electrons. The Morgan fingerprint density at radius 2 is 1.50 bits per heavy atom. The number of nitrogens with zero attached hydrogens (tertiary/aromatic N) is 2. The number of aromatic nitrogens is 2. The molecule has 0 fully saturated rings. The molecule has 1 heterocycles. The highest BCUT2D eigenvalue weighted by atomic mass is 32.2. The minimum atomic E-state index is -5.72. The molecular formula is C28H22F3N3O3S. The lowest BCUT2D eigenvalue weighted by molar-refractivity contribution is -0.0435. The fourth-order valence-corrected chi connectivity index (χ4v) is 5.40. The zero-order valence-corrected chi connectivity index (χ0v) is 21.1. The molecule has 0 unspecified atom stereocenters. The van der Waals surface area contributed by atoms with E-state index >= 15 is 0 Å². The van der Waals surface area contributed by atoms with Gasteiger partial charge in [0.05, 0.1) is 18.0 Å². The molecule has 0 aliphatic rings. The average molecular weight is 538 g/mol. The van der Waals surface area contributed by atoms with Crippen LogP contribution in [-0.2, 0) is 9.84 Å². The summed E-state index contributed by atoms with van der Waals surface area (Å²) in [6.45, 7) is 1.95. The Balaban J connectivity index is 1.79. The molecule has 0 spiro atoms. The molecule has 0 amide bonds. The number of methoxy groups -OCH3 is 1. The van der Waals surface area contributed by atoms with Crippen molar-refractivity contribution in [3.63, 3.8) is 0 Å². The van der Waals surface area contributed by atoms with Crippen LogP contribution in [0.15, 0.2) is 89.8 Å². The first kappa shape index (κ1) is 25.5. The summed E-state index contributed by atoms with van der Waals surface area (Å²) < 4.78 is 72.1. The summed E-state index contributed by atoms with van der Waals surface area (Å²) in [5.74, 6) is 0.770. The van der Waals surface area contributed by atoms with Crippen LogP contribution >= 0.6 is 0 Å². The van der Waals surface area contributed by atoms with E-state index in [0.717, 1.165) is 11.6 Å². The van der Waals surface area contributed by atoms with Gasteiger partial charge in [-0.15, -0.1) is 10.2 Å². The molecule has 1 aromatic heterocycles. The Hall–Kier alpha value is -4.18. The Morgan fingerprint density at radius 3 is 2.18 bits per heavy atom. The van der Waals surface area contributed by atoms with Crippen LogP contribution in [0.3, 0.4) is 0 Å². The zero-order chi connectivity index (χ0) is 27.1. The monoisotopic (exact) mass is 537 g/mol. The molecule has 1 atom stereocenters. The average Bonchev–Trinajstić information content (AvgIpc) is 2.92. The first-order valence-corrected chi connectivity index (χ1v) is 13.1. The third kappa shape index (κ3) is 4.41. The predicted molar refractivity (Wildman–Crippen MR) is 141 cm³/mol. The van der Waals surface area contributed by atoms with Crippen molar-refractivity contribution in [2.24, 2.45) is 0 Å². The molecule has 0 bridgehead atoms. The standard InChI is InChI=1S/C28H22F3N3O3S/c1-17(18-8-4-3-5-9-18)32-27-22-11-7-6-10-21(22)26(33-34-27)25-23-16-20(37-2)14-12-19(23)13-15-24(25)38(35,36)28(29,30)31/h3-17H,1-2H3,(H,32,34)/t17-/m1/s1. The van der Waals surface area contributed by atoms with Crippen LogP contribution in [-0.4, -0.2) is 31.2 Å². The molecule has 5 rings (SSSR count). The van der Waals surface area contributed by atoms with Crippen molar-refractivity contribution in [2.75, 3.05) is 12.4 Å². The third-order valence-electron chi connectivity index (χ3n) is 6.36. The van der Waals surface area contributed by atoms with Gasteiger partial charge in [-0.2, -0.15) is 13.2 Å². The maximum absolute atomic E-state index is 13.8. The van der Waals surface area contributed by atoms with E-state index in [2.05, 4.69) is 15.5 Å². The summed E-state index contributed by atoms with van der Waals surface area (Å²) >= 11 is 0. The van der Waals surface area contributed by atoms with Crippen molar-refractivity contribution in [3.05, 3.63) is 90.5 Å². The highest BCUT2D eigenvalue weighted by molar-refractivity contribution is 7.92. The van der Waals surface area contributed by atoms with Crippen LogP contribution in [0.4, 0.5) is 19.0 Å². The van der Waals surface area contributed by atoms with Crippen LogP contribution in [0, 0.1) is 0 Å². The van der Waals surface area contributed by atoms with Gasteiger partial charge in [0, 0.05) is 16.3 Å². The Bertz CT molecular complexity index is 1760. The number of hydrogen-bond donors (Lipinski definition) is 1. The molecular weight excluding hydrogens is 515 g/mol. The van der Waals surface area contributed by atoms with Gasteiger partial charge < -0.3 is 10.1 Å². The number of nitrogens with one attached hydrogen (secondary N) is 1. The van der Waals surface area contributed by atoms with Crippen molar-refractivity contribution in [1.29, 1.82) is 0 Å². The maximum atomic E-state index is 13.8. The number of hydrogen-bond acceptors (Lipinski definition) is 6. The summed E-state index contributed by atoms with van der Waals surface area (Å²) in [5, 5.41) is 13.7. The highest BCUT2D eigenvalue weighted by Gasteiger charge is 2.48. The molecule has 5 aromatic rings. The summed E-state index contributed by atoms with van der Waals surface area (Å²) in [4.78, 5) is -0.899. The fourth-order valence-electron chi connectivity index (χ4n) is 4.42. The second-order valence-corrected chi connectivity index (χ2v) is 10.6.